The number of aryl methyl sites for hydroxylation is 1. The largest absolute Gasteiger partial charge is 0.365 e. The van der Waals surface area contributed by atoms with Crippen molar-refractivity contribution in [2.75, 3.05) is 25.0 Å². The predicted molar refractivity (Wildman–Crippen MR) is 59.8 cm³/mol. The van der Waals surface area contributed by atoms with Gasteiger partial charge in [-0.05, 0) is 19.1 Å². The maximum atomic E-state index is 11.2. The van der Waals surface area contributed by atoms with E-state index in [9.17, 15) is 4.79 Å². The maximum absolute atomic E-state index is 11.2. The van der Waals surface area contributed by atoms with Gasteiger partial charge < -0.3 is 16.4 Å². The summed E-state index contributed by atoms with van der Waals surface area (Å²) < 4.78 is 0. The lowest BCUT2D eigenvalue weighted by Crippen LogP contribution is -2.28. The van der Waals surface area contributed by atoms with Crippen molar-refractivity contribution in [2.24, 2.45) is 11.5 Å². The molecule has 0 aromatic carbocycles. The van der Waals surface area contributed by atoms with Gasteiger partial charge >= 0.3 is 0 Å². The van der Waals surface area contributed by atoms with Crippen LogP contribution in [0.4, 0.5) is 5.82 Å². The van der Waals surface area contributed by atoms with E-state index in [4.69, 9.17) is 11.5 Å². The average molecular weight is 208 g/mol. The molecule has 1 aromatic rings. The number of pyridine rings is 1. The Morgan fingerprint density at radius 3 is 2.73 bits per heavy atom. The van der Waals surface area contributed by atoms with Crippen molar-refractivity contribution >= 4 is 11.7 Å². The second-order valence-corrected chi connectivity index (χ2v) is 3.40. The van der Waals surface area contributed by atoms with E-state index in [-0.39, 0.29) is 0 Å². The zero-order valence-electron chi connectivity index (χ0n) is 9.03. The molecule has 0 saturated carbocycles. The molecule has 0 aliphatic heterocycles. The molecule has 1 rings (SSSR count). The van der Waals surface area contributed by atoms with Crippen LogP contribution in [-0.2, 0) is 0 Å². The first kappa shape index (κ1) is 11.5. The number of carbonyl (C=O) groups excluding carboxylic acids is 1. The van der Waals surface area contributed by atoms with Gasteiger partial charge in [-0.25, -0.2) is 4.98 Å². The third kappa shape index (κ3) is 2.66. The van der Waals surface area contributed by atoms with E-state index in [2.05, 4.69) is 4.98 Å². The molecule has 0 aliphatic rings. The Morgan fingerprint density at radius 2 is 2.20 bits per heavy atom. The Morgan fingerprint density at radius 1 is 1.53 bits per heavy atom. The fourth-order valence-corrected chi connectivity index (χ4v) is 1.33. The van der Waals surface area contributed by atoms with Crippen molar-refractivity contribution in [3.05, 3.63) is 23.4 Å². The van der Waals surface area contributed by atoms with Crippen LogP contribution in [-0.4, -0.2) is 31.0 Å². The zero-order valence-corrected chi connectivity index (χ0v) is 9.03. The first-order chi connectivity index (χ1) is 7.06. The Hall–Kier alpha value is -1.62. The topological polar surface area (TPSA) is 85.2 Å². The number of rotatable bonds is 4. The number of aromatic nitrogens is 1. The molecule has 4 N–H and O–H groups in total. The number of carbonyl (C=O) groups is 1. The standard InChI is InChI=1S/C10H16N4O/c1-7-3-4-8(9(12)15)10(13-7)14(2)6-5-11/h3-4H,5-6,11H2,1-2H3,(H2,12,15). The number of hydrogen-bond donors (Lipinski definition) is 2. The highest BCUT2D eigenvalue weighted by Gasteiger charge is 2.12. The van der Waals surface area contributed by atoms with Crippen molar-refractivity contribution in [1.29, 1.82) is 0 Å². The van der Waals surface area contributed by atoms with Crippen molar-refractivity contribution in [3.8, 4) is 0 Å². The number of primary amides is 1. The molecule has 1 amide bonds. The van der Waals surface area contributed by atoms with Crippen molar-refractivity contribution < 1.29 is 4.79 Å². The minimum atomic E-state index is -0.471. The molecule has 0 bridgehead atoms. The van der Waals surface area contributed by atoms with Crippen LogP contribution in [0.1, 0.15) is 16.1 Å². The SMILES string of the molecule is Cc1ccc(C(N)=O)c(N(C)CCN)n1. The van der Waals surface area contributed by atoms with Gasteiger partial charge in [0.1, 0.15) is 5.82 Å². The summed E-state index contributed by atoms with van der Waals surface area (Å²) in [5, 5.41) is 0. The molecule has 0 fully saturated rings. The van der Waals surface area contributed by atoms with E-state index in [1.165, 1.54) is 0 Å². The number of nitrogens with two attached hydrogens (primary N) is 2. The van der Waals surface area contributed by atoms with Gasteiger partial charge in [-0.1, -0.05) is 0 Å². The van der Waals surface area contributed by atoms with Gasteiger partial charge in [0.15, 0.2) is 0 Å². The summed E-state index contributed by atoms with van der Waals surface area (Å²) >= 11 is 0. The van der Waals surface area contributed by atoms with Crippen LogP contribution in [0.5, 0.6) is 0 Å². The molecular formula is C10H16N4O. The number of nitrogens with zero attached hydrogens (tertiary/aromatic N) is 2. The molecule has 0 spiro atoms. The number of hydrogen-bond acceptors (Lipinski definition) is 4. The summed E-state index contributed by atoms with van der Waals surface area (Å²) in [6, 6.07) is 3.45. The average Bonchev–Trinajstić information content (AvgIpc) is 2.17. The molecule has 82 valence electrons. The van der Waals surface area contributed by atoms with Gasteiger partial charge in [0.2, 0.25) is 0 Å². The summed E-state index contributed by atoms with van der Waals surface area (Å²) in [7, 11) is 1.83. The first-order valence-electron chi connectivity index (χ1n) is 4.75. The third-order valence-electron chi connectivity index (χ3n) is 2.11. The molecule has 0 saturated heterocycles. The van der Waals surface area contributed by atoms with Gasteiger partial charge in [-0.2, -0.15) is 0 Å². The maximum Gasteiger partial charge on any atom is 0.252 e. The number of anilines is 1. The second kappa shape index (κ2) is 4.75. The van der Waals surface area contributed by atoms with Crippen LogP contribution in [0.25, 0.3) is 0 Å². The predicted octanol–water partition coefficient (Wildman–Crippen LogP) is -0.116. The smallest absolute Gasteiger partial charge is 0.252 e. The normalized spacial score (nSPS) is 10.1. The minimum Gasteiger partial charge on any atom is -0.365 e. The fourth-order valence-electron chi connectivity index (χ4n) is 1.33. The quantitative estimate of drug-likeness (QED) is 0.722. The van der Waals surface area contributed by atoms with Crippen LogP contribution in [0, 0.1) is 6.92 Å². The van der Waals surface area contributed by atoms with Crippen molar-refractivity contribution in [1.82, 2.24) is 4.98 Å². The number of amides is 1. The van der Waals surface area contributed by atoms with E-state index < -0.39 is 5.91 Å². The van der Waals surface area contributed by atoms with Gasteiger partial charge in [-0.3, -0.25) is 4.79 Å². The van der Waals surface area contributed by atoms with Gasteiger partial charge in [0.25, 0.3) is 5.91 Å². The molecule has 0 unspecified atom stereocenters. The van der Waals surface area contributed by atoms with Crippen LogP contribution in [0.3, 0.4) is 0 Å². The van der Waals surface area contributed by atoms with Crippen molar-refractivity contribution in [2.45, 2.75) is 6.92 Å². The lowest BCUT2D eigenvalue weighted by Gasteiger charge is -2.19. The molecule has 0 atom stereocenters. The molecule has 5 heteroatoms. The summed E-state index contributed by atoms with van der Waals surface area (Å²) in [6.45, 7) is 3.01. The lowest BCUT2D eigenvalue weighted by molar-refractivity contribution is 0.100. The minimum absolute atomic E-state index is 0.427. The molecule has 0 radical (unpaired) electrons. The van der Waals surface area contributed by atoms with Gasteiger partial charge in [-0.15, -0.1) is 0 Å². The summed E-state index contributed by atoms with van der Waals surface area (Å²) in [5.41, 5.74) is 12.0. The second-order valence-electron chi connectivity index (χ2n) is 3.40. The van der Waals surface area contributed by atoms with Crippen LogP contribution >= 0.6 is 0 Å². The fraction of sp³-hybridized carbons (Fsp3) is 0.400. The van der Waals surface area contributed by atoms with Crippen LogP contribution in [0.2, 0.25) is 0 Å². The monoisotopic (exact) mass is 208 g/mol. The van der Waals surface area contributed by atoms with Gasteiger partial charge in [0.05, 0.1) is 5.56 Å². The summed E-state index contributed by atoms with van der Waals surface area (Å²) in [4.78, 5) is 17.3. The third-order valence-corrected chi connectivity index (χ3v) is 2.11. The Kier molecular flexibility index (Phi) is 3.62. The number of likely N-dealkylation sites (N-methyl/N-ethyl adjacent to an activating group) is 1. The Bertz CT molecular complexity index is 364. The first-order valence-corrected chi connectivity index (χ1v) is 4.75. The van der Waals surface area contributed by atoms with Crippen molar-refractivity contribution in [3.63, 3.8) is 0 Å². The Balaban J connectivity index is 3.12. The highest BCUT2D eigenvalue weighted by atomic mass is 16.1. The lowest BCUT2D eigenvalue weighted by atomic mass is 10.2. The summed E-state index contributed by atoms with van der Waals surface area (Å²) in [5.74, 6) is 0.120. The van der Waals surface area contributed by atoms with Crippen LogP contribution < -0.4 is 16.4 Å². The van der Waals surface area contributed by atoms with E-state index in [0.717, 1.165) is 5.69 Å². The van der Waals surface area contributed by atoms with E-state index in [1.54, 1.807) is 12.1 Å². The van der Waals surface area contributed by atoms with E-state index in [1.807, 2.05) is 18.9 Å². The molecule has 15 heavy (non-hydrogen) atoms. The Labute approximate surface area is 89.1 Å². The highest BCUT2D eigenvalue weighted by Crippen LogP contribution is 2.16. The zero-order chi connectivity index (χ0) is 11.4. The molecule has 0 aliphatic carbocycles. The van der Waals surface area contributed by atoms with Crippen LogP contribution in [0.15, 0.2) is 12.1 Å². The van der Waals surface area contributed by atoms with E-state index in [0.29, 0.717) is 24.5 Å². The van der Waals surface area contributed by atoms with E-state index >= 15 is 0 Å². The summed E-state index contributed by atoms with van der Waals surface area (Å²) in [6.07, 6.45) is 0. The van der Waals surface area contributed by atoms with Gasteiger partial charge in [0, 0.05) is 25.8 Å². The molecule has 1 aromatic heterocycles. The highest BCUT2D eigenvalue weighted by molar-refractivity contribution is 5.97. The molecule has 1 heterocycles. The molecular weight excluding hydrogens is 192 g/mol. The molecule has 5 nitrogen and oxygen atoms in total.